The first-order chi connectivity index (χ1) is 8.80. The third-order valence-electron chi connectivity index (χ3n) is 2.04. The summed E-state index contributed by atoms with van der Waals surface area (Å²) in [7, 11) is 0. The normalized spacial score (nSPS) is 10.8. The molecule has 1 rings (SSSR count). The van der Waals surface area contributed by atoms with E-state index in [9.17, 15) is 22.4 Å². The lowest BCUT2D eigenvalue weighted by Gasteiger charge is -2.08. The summed E-state index contributed by atoms with van der Waals surface area (Å²) < 4.78 is 50.8. The zero-order valence-corrected chi connectivity index (χ0v) is 10.8. The number of hydrogen-bond acceptors (Lipinski definition) is 2. The van der Waals surface area contributed by atoms with Crippen LogP contribution in [0.3, 0.4) is 0 Å². The van der Waals surface area contributed by atoms with E-state index in [1.165, 1.54) is 6.92 Å². The predicted molar refractivity (Wildman–Crippen MR) is 66.0 cm³/mol. The molecule has 0 bridgehead atoms. The van der Waals surface area contributed by atoms with Gasteiger partial charge in [-0.15, -0.1) is 0 Å². The van der Waals surface area contributed by atoms with E-state index >= 15 is 0 Å². The molecule has 0 radical (unpaired) electrons. The fraction of sp³-hybridized carbons (Fsp3) is 0.308. The standard InChI is InChI=1S/C13H10F4OS/c1-9(18)19-7-3-2-4-10-8-11(14)5-6-12(10)13(15,16)17/h5-6,8H,3,7H2,1H3. The van der Waals surface area contributed by atoms with Gasteiger partial charge in [-0.3, -0.25) is 4.79 Å². The molecule has 102 valence electrons. The largest absolute Gasteiger partial charge is 0.417 e. The van der Waals surface area contributed by atoms with E-state index in [0.29, 0.717) is 11.8 Å². The van der Waals surface area contributed by atoms with Crippen LogP contribution in [0.15, 0.2) is 18.2 Å². The van der Waals surface area contributed by atoms with Crippen LogP contribution < -0.4 is 0 Å². The van der Waals surface area contributed by atoms with Crippen molar-refractivity contribution in [2.45, 2.75) is 19.5 Å². The minimum Gasteiger partial charge on any atom is -0.288 e. The molecule has 0 saturated heterocycles. The lowest BCUT2D eigenvalue weighted by atomic mass is 10.1. The molecule has 0 aliphatic rings. The van der Waals surface area contributed by atoms with Crippen LogP contribution in [0.1, 0.15) is 24.5 Å². The van der Waals surface area contributed by atoms with E-state index < -0.39 is 17.6 Å². The van der Waals surface area contributed by atoms with Crippen LogP contribution in [-0.4, -0.2) is 10.9 Å². The second-order valence-electron chi connectivity index (χ2n) is 3.58. The quantitative estimate of drug-likeness (QED) is 0.467. The Hall–Kier alpha value is -1.48. The number of carbonyl (C=O) groups excluding carboxylic acids is 1. The van der Waals surface area contributed by atoms with Gasteiger partial charge in [-0.1, -0.05) is 23.6 Å². The Balaban J connectivity index is 2.85. The van der Waals surface area contributed by atoms with E-state index in [1.54, 1.807) is 0 Å². The van der Waals surface area contributed by atoms with Crippen LogP contribution >= 0.6 is 11.8 Å². The van der Waals surface area contributed by atoms with Crippen molar-refractivity contribution in [2.24, 2.45) is 0 Å². The second-order valence-corrected chi connectivity index (χ2v) is 4.85. The van der Waals surface area contributed by atoms with Crippen molar-refractivity contribution in [2.75, 3.05) is 5.75 Å². The van der Waals surface area contributed by atoms with Gasteiger partial charge in [0, 0.05) is 24.7 Å². The minimum atomic E-state index is -4.56. The smallest absolute Gasteiger partial charge is 0.288 e. The first-order valence-electron chi connectivity index (χ1n) is 5.29. The molecule has 1 nitrogen and oxygen atoms in total. The number of rotatable bonds is 2. The molecule has 0 unspecified atom stereocenters. The van der Waals surface area contributed by atoms with Crippen LogP contribution in [0.25, 0.3) is 0 Å². The molecule has 0 aliphatic carbocycles. The van der Waals surface area contributed by atoms with Crippen molar-refractivity contribution in [3.8, 4) is 11.8 Å². The lowest BCUT2D eigenvalue weighted by molar-refractivity contribution is -0.137. The Morgan fingerprint density at radius 1 is 1.37 bits per heavy atom. The first kappa shape index (κ1) is 15.6. The van der Waals surface area contributed by atoms with E-state index in [2.05, 4.69) is 11.8 Å². The number of hydrogen-bond donors (Lipinski definition) is 0. The molecule has 0 fully saturated rings. The maximum atomic E-state index is 12.9. The van der Waals surface area contributed by atoms with Gasteiger partial charge in [0.15, 0.2) is 5.12 Å². The molecule has 1 aromatic rings. The summed E-state index contributed by atoms with van der Waals surface area (Å²) in [5.74, 6) is 4.44. The summed E-state index contributed by atoms with van der Waals surface area (Å²) in [6, 6.07) is 2.18. The van der Waals surface area contributed by atoms with Gasteiger partial charge in [0.2, 0.25) is 0 Å². The molecular weight excluding hydrogens is 280 g/mol. The summed E-state index contributed by atoms with van der Waals surface area (Å²) >= 11 is 1.04. The lowest BCUT2D eigenvalue weighted by Crippen LogP contribution is -2.07. The zero-order chi connectivity index (χ0) is 14.5. The SMILES string of the molecule is CC(=O)SCCC#Cc1cc(F)ccc1C(F)(F)F. The van der Waals surface area contributed by atoms with E-state index in [0.717, 1.165) is 23.9 Å². The van der Waals surface area contributed by atoms with Gasteiger partial charge in [0.25, 0.3) is 0 Å². The van der Waals surface area contributed by atoms with E-state index in [1.807, 2.05) is 0 Å². The Labute approximate surface area is 112 Å². The highest BCUT2D eigenvalue weighted by atomic mass is 32.2. The van der Waals surface area contributed by atoms with Crippen molar-refractivity contribution in [3.05, 3.63) is 35.1 Å². The molecule has 0 N–H and O–H groups in total. The van der Waals surface area contributed by atoms with Crippen molar-refractivity contribution in [1.29, 1.82) is 0 Å². The summed E-state index contributed by atoms with van der Waals surface area (Å²) in [5.41, 5.74) is -1.35. The van der Waals surface area contributed by atoms with Crippen LogP contribution in [-0.2, 0) is 11.0 Å². The van der Waals surface area contributed by atoms with Crippen LogP contribution in [0.4, 0.5) is 17.6 Å². The number of halogens is 4. The molecule has 0 aliphatic heterocycles. The number of alkyl halides is 3. The Bertz CT molecular complexity index is 526. The van der Waals surface area contributed by atoms with Crippen LogP contribution in [0.2, 0.25) is 0 Å². The van der Waals surface area contributed by atoms with Gasteiger partial charge in [-0.2, -0.15) is 13.2 Å². The molecular formula is C13H10F4OS. The number of carbonyl (C=O) groups is 1. The number of thioether (sulfide) groups is 1. The molecule has 0 heterocycles. The topological polar surface area (TPSA) is 17.1 Å². The zero-order valence-electron chi connectivity index (χ0n) is 9.97. The average molecular weight is 290 g/mol. The summed E-state index contributed by atoms with van der Waals surface area (Å²) in [6.45, 7) is 1.40. The molecule has 0 saturated carbocycles. The third-order valence-corrected chi connectivity index (χ3v) is 2.86. The fourth-order valence-corrected chi connectivity index (χ4v) is 1.76. The van der Waals surface area contributed by atoms with Crippen molar-refractivity contribution in [1.82, 2.24) is 0 Å². The van der Waals surface area contributed by atoms with Gasteiger partial charge in [-0.05, 0) is 18.2 Å². The van der Waals surface area contributed by atoms with E-state index in [4.69, 9.17) is 0 Å². The number of benzene rings is 1. The molecule has 19 heavy (non-hydrogen) atoms. The van der Waals surface area contributed by atoms with Gasteiger partial charge >= 0.3 is 6.18 Å². The van der Waals surface area contributed by atoms with Crippen LogP contribution in [0, 0.1) is 17.7 Å². The van der Waals surface area contributed by atoms with Crippen molar-refractivity contribution < 1.29 is 22.4 Å². The maximum Gasteiger partial charge on any atom is 0.417 e. The minimum absolute atomic E-state index is 0.0801. The third kappa shape index (κ3) is 5.35. The summed E-state index contributed by atoms with van der Waals surface area (Å²) in [6.07, 6.45) is -4.30. The van der Waals surface area contributed by atoms with Crippen molar-refractivity contribution >= 4 is 16.9 Å². The second kappa shape index (κ2) is 6.62. The molecule has 0 amide bonds. The highest BCUT2D eigenvalue weighted by Gasteiger charge is 2.33. The monoisotopic (exact) mass is 290 g/mol. The molecule has 6 heteroatoms. The Morgan fingerprint density at radius 2 is 2.05 bits per heavy atom. The highest BCUT2D eigenvalue weighted by molar-refractivity contribution is 8.13. The summed E-state index contributed by atoms with van der Waals surface area (Å²) in [5, 5.41) is -0.0801. The average Bonchev–Trinajstić information content (AvgIpc) is 2.26. The Kier molecular flexibility index (Phi) is 5.43. The maximum absolute atomic E-state index is 12.9. The first-order valence-corrected chi connectivity index (χ1v) is 6.28. The fourth-order valence-electron chi connectivity index (χ4n) is 1.27. The predicted octanol–water partition coefficient (Wildman–Crippen LogP) is 3.87. The molecule has 0 aromatic heterocycles. The summed E-state index contributed by atoms with van der Waals surface area (Å²) in [4.78, 5) is 10.6. The molecule has 0 atom stereocenters. The van der Waals surface area contributed by atoms with Crippen molar-refractivity contribution in [3.63, 3.8) is 0 Å². The highest BCUT2D eigenvalue weighted by Crippen LogP contribution is 2.31. The van der Waals surface area contributed by atoms with Gasteiger partial charge in [0.05, 0.1) is 5.56 Å². The van der Waals surface area contributed by atoms with Gasteiger partial charge in [-0.25, -0.2) is 4.39 Å². The van der Waals surface area contributed by atoms with Crippen LogP contribution in [0.5, 0.6) is 0 Å². The van der Waals surface area contributed by atoms with Gasteiger partial charge in [0.1, 0.15) is 5.82 Å². The van der Waals surface area contributed by atoms with E-state index in [-0.39, 0.29) is 17.1 Å². The van der Waals surface area contributed by atoms with Gasteiger partial charge < -0.3 is 0 Å². The Morgan fingerprint density at radius 3 is 2.63 bits per heavy atom. The molecule has 1 aromatic carbocycles. The molecule has 0 spiro atoms.